The summed E-state index contributed by atoms with van der Waals surface area (Å²) in [6.45, 7) is 1.52. The average molecular weight is 379 g/mol. The van der Waals surface area contributed by atoms with E-state index in [-0.39, 0.29) is 24.7 Å². The predicted molar refractivity (Wildman–Crippen MR) is 82.8 cm³/mol. The second kappa shape index (κ2) is 7.32. The molecule has 1 aromatic rings. The number of benzene rings is 1. The molecule has 4 nitrogen and oxygen atoms in total. The summed E-state index contributed by atoms with van der Waals surface area (Å²) in [5.74, 6) is -4.27. The van der Waals surface area contributed by atoms with E-state index in [9.17, 15) is 31.9 Å². The summed E-state index contributed by atoms with van der Waals surface area (Å²) in [5.41, 5.74) is -1.93. The summed E-state index contributed by atoms with van der Waals surface area (Å²) in [6.07, 6.45) is -3.76. The molecule has 9 heteroatoms. The SMILES string of the molecule is C=CC(F)(F)COCC1(NC(=O)c2ccc(C(F)(F)F)cc2)CC1CO. The van der Waals surface area contributed by atoms with Gasteiger partial charge in [0.15, 0.2) is 0 Å². The third-order valence-corrected chi connectivity index (χ3v) is 4.24. The standard InChI is InChI=1S/C17H18F5NO3/c1-2-16(18,19)10-26-9-15(7-13(15)8-24)23-14(25)11-3-5-12(6-4-11)17(20,21)22/h2-6,13,24H,1,7-10H2,(H,23,25). The molecule has 1 aromatic carbocycles. The molecule has 1 fully saturated rings. The van der Waals surface area contributed by atoms with Crippen molar-refractivity contribution >= 4 is 5.91 Å². The largest absolute Gasteiger partial charge is 0.416 e. The van der Waals surface area contributed by atoms with Crippen LogP contribution in [0.25, 0.3) is 0 Å². The summed E-state index contributed by atoms with van der Waals surface area (Å²) < 4.78 is 68.8. The van der Waals surface area contributed by atoms with E-state index in [1.54, 1.807) is 0 Å². The normalized spacial score (nSPS) is 22.8. The van der Waals surface area contributed by atoms with Crippen LogP contribution >= 0.6 is 0 Å². The Morgan fingerprint density at radius 3 is 2.38 bits per heavy atom. The molecule has 2 atom stereocenters. The maximum atomic E-state index is 13.1. The Kier molecular flexibility index (Phi) is 5.72. The lowest BCUT2D eigenvalue weighted by molar-refractivity contribution is -0.137. The van der Waals surface area contributed by atoms with Crippen molar-refractivity contribution in [3.63, 3.8) is 0 Å². The van der Waals surface area contributed by atoms with Gasteiger partial charge in [0, 0.05) is 18.1 Å². The van der Waals surface area contributed by atoms with Crippen LogP contribution in [0, 0.1) is 5.92 Å². The molecule has 26 heavy (non-hydrogen) atoms. The maximum absolute atomic E-state index is 13.1. The second-order valence-electron chi connectivity index (χ2n) is 6.23. The Labute approximate surface area is 146 Å². The highest BCUT2D eigenvalue weighted by atomic mass is 19.4. The van der Waals surface area contributed by atoms with Crippen LogP contribution in [0.2, 0.25) is 0 Å². The zero-order chi connectivity index (χ0) is 19.6. The highest BCUT2D eigenvalue weighted by molar-refractivity contribution is 5.95. The lowest BCUT2D eigenvalue weighted by atomic mass is 10.1. The summed E-state index contributed by atoms with van der Waals surface area (Å²) in [7, 11) is 0. The first-order chi connectivity index (χ1) is 12.0. The number of nitrogens with one attached hydrogen (secondary N) is 1. The number of carbonyl (C=O) groups excluding carboxylic acids is 1. The van der Waals surface area contributed by atoms with E-state index in [4.69, 9.17) is 4.74 Å². The van der Waals surface area contributed by atoms with Gasteiger partial charge in [0.05, 0.1) is 17.7 Å². The van der Waals surface area contributed by atoms with Crippen molar-refractivity contribution in [2.24, 2.45) is 5.92 Å². The fraction of sp³-hybridized carbons (Fsp3) is 0.471. The quantitative estimate of drug-likeness (QED) is 0.539. The van der Waals surface area contributed by atoms with Crippen molar-refractivity contribution in [3.8, 4) is 0 Å². The number of aliphatic hydroxyl groups is 1. The topological polar surface area (TPSA) is 58.6 Å². The number of ether oxygens (including phenoxy) is 1. The lowest BCUT2D eigenvalue weighted by Crippen LogP contribution is -2.43. The molecule has 1 aliphatic rings. The first-order valence-corrected chi connectivity index (χ1v) is 7.73. The molecule has 1 saturated carbocycles. The van der Waals surface area contributed by atoms with E-state index in [1.807, 2.05) is 0 Å². The van der Waals surface area contributed by atoms with Crippen molar-refractivity contribution in [2.45, 2.75) is 24.1 Å². The third kappa shape index (κ3) is 4.79. The van der Waals surface area contributed by atoms with Gasteiger partial charge in [0.25, 0.3) is 11.8 Å². The van der Waals surface area contributed by atoms with Crippen LogP contribution in [0.3, 0.4) is 0 Å². The smallest absolute Gasteiger partial charge is 0.396 e. The van der Waals surface area contributed by atoms with Gasteiger partial charge in [-0.25, -0.2) is 0 Å². The van der Waals surface area contributed by atoms with Gasteiger partial charge in [0.2, 0.25) is 0 Å². The minimum atomic E-state index is -4.51. The van der Waals surface area contributed by atoms with Crippen LogP contribution in [0.5, 0.6) is 0 Å². The van der Waals surface area contributed by atoms with Crippen molar-refractivity contribution in [1.82, 2.24) is 5.32 Å². The van der Waals surface area contributed by atoms with Crippen molar-refractivity contribution in [3.05, 3.63) is 48.0 Å². The molecule has 0 saturated heterocycles. The van der Waals surface area contributed by atoms with Crippen LogP contribution in [-0.4, -0.2) is 42.3 Å². The summed E-state index contributed by atoms with van der Waals surface area (Å²) in [6, 6.07) is 3.60. The third-order valence-electron chi connectivity index (χ3n) is 4.24. The molecule has 2 unspecified atom stereocenters. The minimum absolute atomic E-state index is 0.0163. The zero-order valence-electron chi connectivity index (χ0n) is 13.7. The molecule has 0 heterocycles. The molecule has 0 aromatic heterocycles. The number of rotatable bonds is 8. The molecule has 144 valence electrons. The number of hydrogen-bond acceptors (Lipinski definition) is 3. The highest BCUT2D eigenvalue weighted by Crippen LogP contribution is 2.43. The molecule has 0 bridgehead atoms. The Hall–Kier alpha value is -2.00. The van der Waals surface area contributed by atoms with Gasteiger partial charge < -0.3 is 15.2 Å². The molecule has 1 amide bonds. The molecule has 0 spiro atoms. The first-order valence-electron chi connectivity index (χ1n) is 7.73. The average Bonchev–Trinajstić information content (AvgIpc) is 3.26. The predicted octanol–water partition coefficient (Wildman–Crippen LogP) is 3.02. The highest BCUT2D eigenvalue weighted by Gasteiger charge is 2.55. The van der Waals surface area contributed by atoms with Gasteiger partial charge in [0.1, 0.15) is 6.61 Å². The monoisotopic (exact) mass is 379 g/mol. The number of aliphatic hydroxyl groups excluding tert-OH is 1. The molecular formula is C17H18F5NO3. The Morgan fingerprint density at radius 1 is 1.31 bits per heavy atom. The second-order valence-corrected chi connectivity index (χ2v) is 6.23. The fourth-order valence-corrected chi connectivity index (χ4v) is 2.52. The maximum Gasteiger partial charge on any atom is 0.416 e. The number of amides is 1. The molecule has 2 N–H and O–H groups in total. The molecule has 0 aliphatic heterocycles. The van der Waals surface area contributed by atoms with E-state index in [0.29, 0.717) is 12.5 Å². The van der Waals surface area contributed by atoms with E-state index >= 15 is 0 Å². The van der Waals surface area contributed by atoms with Gasteiger partial charge in [-0.15, -0.1) is 0 Å². The fourth-order valence-electron chi connectivity index (χ4n) is 2.52. The van der Waals surface area contributed by atoms with Gasteiger partial charge in [-0.05, 0) is 36.8 Å². The van der Waals surface area contributed by atoms with Gasteiger partial charge in [-0.3, -0.25) is 4.79 Å². The van der Waals surface area contributed by atoms with Gasteiger partial charge in [-0.2, -0.15) is 22.0 Å². The molecule has 1 aliphatic carbocycles. The number of alkyl halides is 5. The van der Waals surface area contributed by atoms with Gasteiger partial charge in [-0.1, -0.05) is 6.58 Å². The van der Waals surface area contributed by atoms with E-state index in [2.05, 4.69) is 11.9 Å². The summed E-state index contributed by atoms with van der Waals surface area (Å²) >= 11 is 0. The van der Waals surface area contributed by atoms with Crippen molar-refractivity contribution in [2.75, 3.05) is 19.8 Å². The lowest BCUT2D eigenvalue weighted by Gasteiger charge is -2.21. The van der Waals surface area contributed by atoms with Crippen molar-refractivity contribution in [1.29, 1.82) is 0 Å². The van der Waals surface area contributed by atoms with Crippen LogP contribution in [0.1, 0.15) is 22.3 Å². The van der Waals surface area contributed by atoms with Crippen LogP contribution < -0.4 is 5.32 Å². The Morgan fingerprint density at radius 2 is 1.92 bits per heavy atom. The van der Waals surface area contributed by atoms with Crippen LogP contribution in [-0.2, 0) is 10.9 Å². The van der Waals surface area contributed by atoms with Crippen LogP contribution in [0.4, 0.5) is 22.0 Å². The van der Waals surface area contributed by atoms with Crippen LogP contribution in [0.15, 0.2) is 36.9 Å². The number of carbonyl (C=O) groups is 1. The van der Waals surface area contributed by atoms with E-state index in [1.165, 1.54) is 0 Å². The van der Waals surface area contributed by atoms with E-state index < -0.39 is 35.7 Å². The number of halogens is 5. The summed E-state index contributed by atoms with van der Waals surface area (Å²) in [4.78, 5) is 12.2. The van der Waals surface area contributed by atoms with E-state index in [0.717, 1.165) is 24.3 Å². The van der Waals surface area contributed by atoms with Gasteiger partial charge >= 0.3 is 6.18 Å². The first kappa shape index (κ1) is 20.3. The Balaban J connectivity index is 2.01. The zero-order valence-corrected chi connectivity index (χ0v) is 13.7. The minimum Gasteiger partial charge on any atom is -0.396 e. The van der Waals surface area contributed by atoms with Crippen molar-refractivity contribution < 1.29 is 36.6 Å². The molecule has 0 radical (unpaired) electrons. The Bertz CT molecular complexity index is 659. The number of hydrogen-bond donors (Lipinski definition) is 2. The summed E-state index contributed by atoms with van der Waals surface area (Å²) in [5, 5.41) is 11.8. The molecular weight excluding hydrogens is 361 g/mol. The molecule has 2 rings (SSSR count).